The van der Waals surface area contributed by atoms with Crippen molar-refractivity contribution in [1.82, 2.24) is 20.6 Å². The molecule has 1 aliphatic rings. The summed E-state index contributed by atoms with van der Waals surface area (Å²) in [7, 11) is 0. The zero-order valence-corrected chi connectivity index (χ0v) is 6.95. The second kappa shape index (κ2) is 3.34. The first-order valence-electron chi connectivity index (χ1n) is 4.09. The van der Waals surface area contributed by atoms with Crippen molar-refractivity contribution < 1.29 is 4.79 Å². The molecule has 1 aromatic heterocycles. The second-order valence-electron chi connectivity index (χ2n) is 2.86. The Morgan fingerprint density at radius 3 is 3.08 bits per heavy atom. The molecule has 2 rings (SSSR count). The Morgan fingerprint density at radius 1 is 1.46 bits per heavy atom. The summed E-state index contributed by atoms with van der Waals surface area (Å²) in [6.45, 7) is 0. The maximum atomic E-state index is 11.0. The van der Waals surface area contributed by atoms with Crippen molar-refractivity contribution in [1.29, 1.82) is 0 Å². The van der Waals surface area contributed by atoms with Crippen LogP contribution in [0, 0.1) is 0 Å². The van der Waals surface area contributed by atoms with Crippen LogP contribution in [0.3, 0.4) is 0 Å². The number of hydrogen-bond acceptors (Lipinski definition) is 5. The van der Waals surface area contributed by atoms with E-state index in [2.05, 4.69) is 25.9 Å². The smallest absolute Gasteiger partial charge is 0.244 e. The van der Waals surface area contributed by atoms with Crippen LogP contribution in [-0.2, 0) is 4.79 Å². The fraction of sp³-hybridized carbons (Fsp3) is 0.429. The third kappa shape index (κ3) is 1.90. The van der Waals surface area contributed by atoms with Crippen molar-refractivity contribution in [3.05, 3.63) is 11.8 Å². The lowest BCUT2D eigenvalue weighted by Gasteiger charge is -2.11. The van der Waals surface area contributed by atoms with Crippen LogP contribution >= 0.6 is 0 Å². The molecule has 0 atom stereocenters. The van der Waals surface area contributed by atoms with Gasteiger partial charge < -0.3 is 5.32 Å². The molecule has 2 N–H and O–H groups in total. The van der Waals surface area contributed by atoms with Crippen LogP contribution in [0.2, 0.25) is 0 Å². The van der Waals surface area contributed by atoms with Gasteiger partial charge in [-0.15, -0.1) is 0 Å². The fourth-order valence-corrected chi connectivity index (χ4v) is 1.25. The van der Waals surface area contributed by atoms with Crippen molar-refractivity contribution in [2.24, 2.45) is 0 Å². The number of anilines is 1. The number of nitrogens with zero attached hydrogens (tertiary/aromatic N) is 3. The van der Waals surface area contributed by atoms with E-state index in [1.807, 2.05) is 0 Å². The van der Waals surface area contributed by atoms with Crippen LogP contribution in [0.15, 0.2) is 11.8 Å². The molecule has 0 saturated heterocycles. The number of carbonyl (C=O) groups is 1. The second-order valence-corrected chi connectivity index (χ2v) is 2.86. The highest BCUT2D eigenvalue weighted by Gasteiger charge is 2.10. The van der Waals surface area contributed by atoms with E-state index < -0.39 is 0 Å². The van der Waals surface area contributed by atoms with Gasteiger partial charge >= 0.3 is 0 Å². The molecule has 1 aromatic rings. The number of hydrogen-bond donors (Lipinski definition) is 2. The van der Waals surface area contributed by atoms with Crippen molar-refractivity contribution in [2.45, 2.75) is 19.3 Å². The third-order valence-electron chi connectivity index (χ3n) is 1.83. The summed E-state index contributed by atoms with van der Waals surface area (Å²) in [5, 5.41) is 16.0. The van der Waals surface area contributed by atoms with E-state index in [0.717, 1.165) is 18.5 Å². The summed E-state index contributed by atoms with van der Waals surface area (Å²) >= 11 is 0. The largest absolute Gasteiger partial charge is 0.327 e. The average molecular weight is 179 g/mol. The molecule has 0 spiro atoms. The highest BCUT2D eigenvalue weighted by atomic mass is 16.1. The van der Waals surface area contributed by atoms with Gasteiger partial charge in [-0.05, 0) is 23.3 Å². The Balaban J connectivity index is 2.06. The maximum absolute atomic E-state index is 11.0. The minimum Gasteiger partial charge on any atom is -0.327 e. The zero-order valence-electron chi connectivity index (χ0n) is 6.95. The van der Waals surface area contributed by atoms with E-state index >= 15 is 0 Å². The molecule has 0 fully saturated rings. The van der Waals surface area contributed by atoms with Crippen LogP contribution in [0.1, 0.15) is 19.3 Å². The van der Waals surface area contributed by atoms with E-state index in [4.69, 9.17) is 0 Å². The van der Waals surface area contributed by atoms with Crippen molar-refractivity contribution >= 4 is 11.7 Å². The van der Waals surface area contributed by atoms with E-state index in [0.29, 0.717) is 12.4 Å². The van der Waals surface area contributed by atoms with Gasteiger partial charge in [0.05, 0.1) is 0 Å². The first-order chi connectivity index (χ1) is 6.34. The average Bonchev–Trinajstić information content (AvgIpc) is 2.57. The Hall–Kier alpha value is -1.72. The number of H-pyrrole nitrogens is 1. The molecule has 1 aliphatic carbocycles. The predicted octanol–water partition coefficient (Wildman–Crippen LogP) is 0.248. The van der Waals surface area contributed by atoms with Crippen LogP contribution in [0.5, 0.6) is 0 Å². The summed E-state index contributed by atoms with van der Waals surface area (Å²) in [4.78, 5) is 11.0. The van der Waals surface area contributed by atoms with Gasteiger partial charge in [0.1, 0.15) is 0 Å². The van der Waals surface area contributed by atoms with Crippen LogP contribution < -0.4 is 5.32 Å². The molecule has 0 saturated carbocycles. The summed E-state index contributed by atoms with van der Waals surface area (Å²) in [5.41, 5.74) is 0.870. The highest BCUT2D eigenvalue weighted by Crippen LogP contribution is 2.15. The van der Waals surface area contributed by atoms with Gasteiger partial charge in [-0.2, -0.15) is 0 Å². The third-order valence-corrected chi connectivity index (χ3v) is 1.83. The lowest BCUT2D eigenvalue weighted by Crippen LogP contribution is -2.09. The molecular formula is C7H9N5O. The van der Waals surface area contributed by atoms with Crippen molar-refractivity contribution in [3.8, 4) is 0 Å². The topological polar surface area (TPSA) is 83.6 Å². The quantitative estimate of drug-likeness (QED) is 0.679. The first-order valence-corrected chi connectivity index (χ1v) is 4.09. The van der Waals surface area contributed by atoms with Crippen LogP contribution in [-0.4, -0.2) is 26.4 Å². The Kier molecular flexibility index (Phi) is 2.03. The lowest BCUT2D eigenvalue weighted by molar-refractivity contribution is -0.115. The molecule has 13 heavy (non-hydrogen) atoms. The van der Waals surface area contributed by atoms with E-state index in [9.17, 15) is 4.79 Å². The number of nitrogens with one attached hydrogen (secondary N) is 2. The molecule has 6 heteroatoms. The minimum absolute atomic E-state index is 0.154. The van der Waals surface area contributed by atoms with Crippen LogP contribution in [0.4, 0.5) is 5.95 Å². The molecule has 0 aromatic carbocycles. The maximum Gasteiger partial charge on any atom is 0.244 e. The van der Waals surface area contributed by atoms with Gasteiger partial charge in [0.2, 0.25) is 5.95 Å². The molecule has 6 nitrogen and oxygen atoms in total. The van der Waals surface area contributed by atoms with Gasteiger partial charge in [-0.1, -0.05) is 5.10 Å². The SMILES string of the molecule is O=C1C=C(Nc2nnn[nH]2)CCC1. The number of ketones is 1. The molecular weight excluding hydrogens is 170 g/mol. The van der Waals surface area contributed by atoms with Gasteiger partial charge in [0.15, 0.2) is 5.78 Å². The molecule has 0 bridgehead atoms. The Morgan fingerprint density at radius 2 is 2.38 bits per heavy atom. The summed E-state index contributed by atoms with van der Waals surface area (Å²) in [6.07, 6.45) is 4.00. The minimum atomic E-state index is 0.154. The van der Waals surface area contributed by atoms with Crippen molar-refractivity contribution in [3.63, 3.8) is 0 Å². The zero-order chi connectivity index (χ0) is 9.10. The molecule has 0 amide bonds. The molecule has 0 radical (unpaired) electrons. The van der Waals surface area contributed by atoms with E-state index in [1.165, 1.54) is 0 Å². The lowest BCUT2D eigenvalue weighted by atomic mass is 10.0. The number of rotatable bonds is 2. The first kappa shape index (κ1) is 7.90. The number of aromatic amines is 1. The van der Waals surface area contributed by atoms with E-state index in [-0.39, 0.29) is 5.78 Å². The summed E-state index contributed by atoms with van der Waals surface area (Å²) in [6, 6.07) is 0. The standard InChI is InChI=1S/C7H9N5O/c13-6-3-1-2-5(4-6)8-7-9-11-12-10-7/h4H,1-3H2,(H2,8,9,10,11,12). The normalized spacial score (nSPS) is 16.9. The Labute approximate surface area is 74.4 Å². The number of tetrazole rings is 1. The Bertz CT molecular complexity index is 329. The van der Waals surface area contributed by atoms with Crippen molar-refractivity contribution in [2.75, 3.05) is 5.32 Å². The van der Waals surface area contributed by atoms with Crippen LogP contribution in [0.25, 0.3) is 0 Å². The predicted molar refractivity (Wildman–Crippen MR) is 44.7 cm³/mol. The molecule has 1 heterocycles. The van der Waals surface area contributed by atoms with Gasteiger partial charge in [0.25, 0.3) is 0 Å². The number of allylic oxidation sites excluding steroid dienone is 2. The molecule has 68 valence electrons. The number of aromatic nitrogens is 4. The summed E-state index contributed by atoms with van der Waals surface area (Å²) in [5.74, 6) is 0.627. The molecule has 0 aliphatic heterocycles. The van der Waals surface area contributed by atoms with Gasteiger partial charge in [0, 0.05) is 18.2 Å². The highest BCUT2D eigenvalue weighted by molar-refractivity contribution is 5.91. The molecule has 0 unspecified atom stereocenters. The van der Waals surface area contributed by atoms with Gasteiger partial charge in [-0.25, -0.2) is 5.10 Å². The monoisotopic (exact) mass is 179 g/mol. The van der Waals surface area contributed by atoms with Gasteiger partial charge in [-0.3, -0.25) is 4.79 Å². The number of carbonyl (C=O) groups excluding carboxylic acids is 1. The van der Waals surface area contributed by atoms with E-state index in [1.54, 1.807) is 6.08 Å². The fourth-order valence-electron chi connectivity index (χ4n) is 1.25. The summed E-state index contributed by atoms with van der Waals surface area (Å²) < 4.78 is 0.